The number of alkyl carbamates (subject to hydrolysis) is 1. The van der Waals surface area contributed by atoms with Crippen molar-refractivity contribution in [1.82, 2.24) is 15.5 Å². The van der Waals surface area contributed by atoms with Crippen molar-refractivity contribution in [1.29, 1.82) is 0 Å². The van der Waals surface area contributed by atoms with Gasteiger partial charge in [-0.15, -0.1) is 0 Å². The topological polar surface area (TPSA) is 177 Å². The zero-order valence-electron chi connectivity index (χ0n) is 21.8. The van der Waals surface area contributed by atoms with Gasteiger partial charge in [-0.05, 0) is 52.5 Å². The average molecular weight is 521 g/mol. The Morgan fingerprint density at radius 3 is 2.38 bits per heavy atom. The minimum Gasteiger partial charge on any atom is -0.507 e. The number of carbonyl (C=O) groups excluding carboxylic acids is 5. The van der Waals surface area contributed by atoms with Crippen LogP contribution in [0.4, 0.5) is 4.79 Å². The number of methoxy groups -OCH3 is 1. The number of nitrogens with zero attached hydrogens (tertiary/aromatic N) is 1. The van der Waals surface area contributed by atoms with Crippen molar-refractivity contribution >= 4 is 29.8 Å². The van der Waals surface area contributed by atoms with E-state index in [1.807, 2.05) is 0 Å². The Labute approximate surface area is 215 Å². The molecule has 12 nitrogen and oxygen atoms in total. The third-order valence-electron chi connectivity index (χ3n) is 5.59. The van der Waals surface area contributed by atoms with E-state index in [0.717, 1.165) is 0 Å². The monoisotopic (exact) mass is 520 g/mol. The standard InChI is InChI=1S/C25H36N4O8/c1-14-7-6-8-16(21(14)32)20(22(33)27-13-19(31)36-5)29(15-9-10-15)23(34)17(11-12-18(26)30)28-24(35)37-25(2,3)4/h6-8,15,17,20,32H,9-13H2,1-5H3,(H2,26,30)(H,27,33)(H,28,35). The molecule has 0 heterocycles. The molecule has 204 valence electrons. The Morgan fingerprint density at radius 1 is 1.19 bits per heavy atom. The van der Waals surface area contributed by atoms with Gasteiger partial charge in [-0.25, -0.2) is 4.79 Å². The van der Waals surface area contributed by atoms with Crippen LogP contribution in [0.2, 0.25) is 0 Å². The van der Waals surface area contributed by atoms with E-state index in [-0.39, 0.29) is 30.2 Å². The molecule has 1 saturated carbocycles. The number of ether oxygens (including phenoxy) is 2. The van der Waals surface area contributed by atoms with Gasteiger partial charge in [0.25, 0.3) is 0 Å². The van der Waals surface area contributed by atoms with E-state index in [1.54, 1.807) is 39.8 Å². The summed E-state index contributed by atoms with van der Waals surface area (Å²) in [5.74, 6) is -2.94. The summed E-state index contributed by atoms with van der Waals surface area (Å²) >= 11 is 0. The molecule has 37 heavy (non-hydrogen) atoms. The number of benzene rings is 1. The maximum Gasteiger partial charge on any atom is 0.408 e. The molecule has 5 N–H and O–H groups in total. The number of nitrogens with two attached hydrogens (primary N) is 1. The molecule has 0 bridgehead atoms. The number of aromatic hydroxyl groups is 1. The van der Waals surface area contributed by atoms with E-state index in [9.17, 15) is 29.1 Å². The predicted molar refractivity (Wildman–Crippen MR) is 132 cm³/mol. The summed E-state index contributed by atoms with van der Waals surface area (Å²) in [4.78, 5) is 64.3. The van der Waals surface area contributed by atoms with Gasteiger partial charge in [0.05, 0.1) is 7.11 Å². The maximum atomic E-state index is 13.9. The van der Waals surface area contributed by atoms with Crippen LogP contribution in [0.15, 0.2) is 18.2 Å². The number of hydrogen-bond acceptors (Lipinski definition) is 8. The fourth-order valence-corrected chi connectivity index (χ4v) is 3.69. The molecule has 0 aromatic heterocycles. The molecule has 12 heteroatoms. The molecular formula is C25H36N4O8. The summed E-state index contributed by atoms with van der Waals surface area (Å²) in [7, 11) is 1.17. The van der Waals surface area contributed by atoms with Crippen molar-refractivity contribution < 1.29 is 38.6 Å². The third kappa shape index (κ3) is 8.65. The van der Waals surface area contributed by atoms with Crippen molar-refractivity contribution in [2.24, 2.45) is 5.73 Å². The van der Waals surface area contributed by atoms with E-state index >= 15 is 0 Å². The Bertz CT molecular complexity index is 1030. The summed E-state index contributed by atoms with van der Waals surface area (Å²) in [5, 5.41) is 15.7. The van der Waals surface area contributed by atoms with Crippen molar-refractivity contribution in [2.75, 3.05) is 13.7 Å². The molecule has 2 atom stereocenters. The molecule has 2 rings (SSSR count). The second-order valence-corrected chi connectivity index (χ2v) is 9.89. The van der Waals surface area contributed by atoms with Crippen molar-refractivity contribution in [3.8, 4) is 5.75 Å². The number of phenols is 1. The molecule has 4 amide bonds. The van der Waals surface area contributed by atoms with Crippen LogP contribution in [0.25, 0.3) is 0 Å². The smallest absolute Gasteiger partial charge is 0.408 e. The van der Waals surface area contributed by atoms with E-state index in [4.69, 9.17) is 10.5 Å². The first kappa shape index (κ1) is 29.4. The highest BCUT2D eigenvalue weighted by molar-refractivity contribution is 5.94. The van der Waals surface area contributed by atoms with Gasteiger partial charge in [0, 0.05) is 18.0 Å². The van der Waals surface area contributed by atoms with Crippen molar-refractivity contribution in [3.05, 3.63) is 29.3 Å². The minimum absolute atomic E-state index is 0.132. The van der Waals surface area contributed by atoms with Crippen molar-refractivity contribution in [3.63, 3.8) is 0 Å². The van der Waals surface area contributed by atoms with Gasteiger partial charge in [0.2, 0.25) is 17.7 Å². The zero-order chi connectivity index (χ0) is 27.9. The minimum atomic E-state index is -1.33. The largest absolute Gasteiger partial charge is 0.507 e. The number of amides is 4. The molecule has 0 aliphatic heterocycles. The first-order valence-corrected chi connectivity index (χ1v) is 12.0. The lowest BCUT2D eigenvalue weighted by atomic mass is 9.98. The van der Waals surface area contributed by atoms with E-state index in [0.29, 0.717) is 18.4 Å². The summed E-state index contributed by atoms with van der Waals surface area (Å²) in [6.07, 6.45) is -0.0644. The first-order chi connectivity index (χ1) is 17.2. The summed E-state index contributed by atoms with van der Waals surface area (Å²) in [5.41, 5.74) is 5.07. The predicted octanol–water partition coefficient (Wildman–Crippen LogP) is 1.18. The molecule has 1 aliphatic carbocycles. The Hall–Kier alpha value is -3.83. The van der Waals surface area contributed by atoms with Gasteiger partial charge in [-0.3, -0.25) is 19.2 Å². The SMILES string of the molecule is COC(=O)CNC(=O)C(c1cccc(C)c1O)N(C(=O)C(CCC(N)=O)NC(=O)OC(C)(C)C)C1CC1. The number of hydrogen-bond donors (Lipinski definition) is 4. The van der Waals surface area contributed by atoms with Gasteiger partial charge in [-0.2, -0.15) is 0 Å². The molecule has 1 aromatic rings. The second-order valence-electron chi connectivity index (χ2n) is 9.89. The zero-order valence-corrected chi connectivity index (χ0v) is 21.8. The molecule has 1 fully saturated rings. The fraction of sp³-hybridized carbons (Fsp3) is 0.560. The van der Waals surface area contributed by atoms with Gasteiger partial charge in [0.1, 0.15) is 30.0 Å². The van der Waals surface area contributed by atoms with Crippen LogP contribution in [-0.4, -0.2) is 71.1 Å². The fourth-order valence-electron chi connectivity index (χ4n) is 3.69. The number of primary amides is 1. The Morgan fingerprint density at radius 2 is 1.84 bits per heavy atom. The molecule has 0 saturated heterocycles. The average Bonchev–Trinajstić information content (AvgIpc) is 3.63. The highest BCUT2D eigenvalue weighted by atomic mass is 16.6. The summed E-state index contributed by atoms with van der Waals surface area (Å²) in [6.45, 7) is 6.17. The van der Waals surface area contributed by atoms with Crippen LogP contribution in [-0.2, 0) is 28.7 Å². The number of aryl methyl sites for hydroxylation is 1. The van der Waals surface area contributed by atoms with Crippen LogP contribution in [0.3, 0.4) is 0 Å². The van der Waals surface area contributed by atoms with Gasteiger partial charge >= 0.3 is 12.1 Å². The number of rotatable bonds is 11. The Balaban J connectivity index is 2.49. The number of carbonyl (C=O) groups is 5. The maximum absolute atomic E-state index is 13.9. The van der Waals surface area contributed by atoms with Gasteiger partial charge in [-0.1, -0.05) is 18.2 Å². The molecule has 2 unspecified atom stereocenters. The lowest BCUT2D eigenvalue weighted by Crippen LogP contribution is -2.54. The van der Waals surface area contributed by atoms with E-state index in [1.165, 1.54) is 18.1 Å². The van der Waals surface area contributed by atoms with Crippen LogP contribution >= 0.6 is 0 Å². The summed E-state index contributed by atoms with van der Waals surface area (Å²) in [6, 6.07) is 1.83. The molecular weight excluding hydrogens is 484 g/mol. The van der Waals surface area contributed by atoms with Crippen LogP contribution in [0.5, 0.6) is 5.75 Å². The van der Waals surface area contributed by atoms with E-state index in [2.05, 4.69) is 15.4 Å². The van der Waals surface area contributed by atoms with E-state index < -0.39 is 54.0 Å². The van der Waals surface area contributed by atoms with Crippen molar-refractivity contribution in [2.45, 2.75) is 77.1 Å². The quantitative estimate of drug-likeness (QED) is 0.314. The molecule has 1 aliphatic rings. The molecule has 0 radical (unpaired) electrons. The normalized spacial score (nSPS) is 14.6. The number of para-hydroxylation sites is 1. The third-order valence-corrected chi connectivity index (χ3v) is 5.59. The molecule has 0 spiro atoms. The summed E-state index contributed by atoms with van der Waals surface area (Å²) < 4.78 is 9.86. The second kappa shape index (κ2) is 12.4. The molecule has 1 aromatic carbocycles. The lowest BCUT2D eigenvalue weighted by molar-refractivity contribution is -0.145. The number of esters is 1. The number of phenolic OH excluding ortho intramolecular Hbond substituents is 1. The van der Waals surface area contributed by atoms with Gasteiger partial charge < -0.3 is 35.8 Å². The lowest BCUT2D eigenvalue weighted by Gasteiger charge is -2.35. The Kier molecular flexibility index (Phi) is 9.87. The number of nitrogens with one attached hydrogen (secondary N) is 2. The van der Waals surface area contributed by atoms with Crippen LogP contribution in [0, 0.1) is 6.92 Å². The van der Waals surface area contributed by atoms with Gasteiger partial charge in [0.15, 0.2) is 0 Å². The highest BCUT2D eigenvalue weighted by Crippen LogP contribution is 2.39. The van der Waals surface area contributed by atoms with Crippen LogP contribution in [0.1, 0.15) is 63.6 Å². The van der Waals surface area contributed by atoms with Crippen LogP contribution < -0.4 is 16.4 Å². The first-order valence-electron chi connectivity index (χ1n) is 12.0. The highest BCUT2D eigenvalue weighted by Gasteiger charge is 2.45.